The molecule has 2 aromatic heterocycles. The monoisotopic (exact) mass is 401 g/mol. The summed E-state index contributed by atoms with van der Waals surface area (Å²) in [6, 6.07) is 17.9. The van der Waals surface area contributed by atoms with Gasteiger partial charge in [-0.05, 0) is 55.8 Å². The maximum absolute atomic E-state index is 6.22. The molecule has 0 spiro atoms. The lowest BCUT2D eigenvalue weighted by Gasteiger charge is -2.08. The van der Waals surface area contributed by atoms with Crippen LogP contribution in [0, 0.1) is 0 Å². The summed E-state index contributed by atoms with van der Waals surface area (Å²) in [4.78, 5) is 9.23. The molecule has 1 aliphatic heterocycles. The standard InChI is InChI=1S/C22H21N5O.C2H6/c23-21-20-19(26-22(18-7-4-12-24-18)27(20)14-13-25-21)15-8-10-17(11-9-15)28-16-5-2-1-3-6-16;1-2/h1-3,5-6,8-11,13-14,18,24H,4,7,12H2,(H2,23,25);1-2H3. The van der Waals surface area contributed by atoms with E-state index < -0.39 is 0 Å². The Labute approximate surface area is 176 Å². The fraction of sp³-hybridized carbons (Fsp3) is 0.250. The Balaban J connectivity index is 0.00000106. The molecule has 0 bridgehead atoms. The highest BCUT2D eigenvalue weighted by molar-refractivity contribution is 5.85. The van der Waals surface area contributed by atoms with E-state index in [1.807, 2.05) is 74.6 Å². The van der Waals surface area contributed by atoms with Crippen molar-refractivity contribution in [2.24, 2.45) is 0 Å². The number of imidazole rings is 1. The van der Waals surface area contributed by atoms with Crippen molar-refractivity contribution in [2.45, 2.75) is 32.7 Å². The second-order valence-corrected chi connectivity index (χ2v) is 6.94. The zero-order valence-corrected chi connectivity index (χ0v) is 17.4. The van der Waals surface area contributed by atoms with E-state index in [1.54, 1.807) is 6.20 Å². The molecule has 3 N–H and O–H groups in total. The average molecular weight is 402 g/mol. The van der Waals surface area contributed by atoms with E-state index in [0.29, 0.717) is 5.82 Å². The first kappa shape index (κ1) is 19.9. The first-order chi connectivity index (χ1) is 14.8. The van der Waals surface area contributed by atoms with Crippen LogP contribution in [0.5, 0.6) is 11.5 Å². The summed E-state index contributed by atoms with van der Waals surface area (Å²) in [6.45, 7) is 5.01. The first-order valence-electron chi connectivity index (χ1n) is 10.5. The predicted octanol–water partition coefficient (Wildman–Crippen LogP) is 5.22. The third-order valence-corrected chi connectivity index (χ3v) is 5.09. The van der Waals surface area contributed by atoms with Crippen molar-refractivity contribution in [3.63, 3.8) is 0 Å². The molecule has 4 aromatic rings. The number of hydrogen-bond acceptors (Lipinski definition) is 5. The van der Waals surface area contributed by atoms with Gasteiger partial charge in [0.25, 0.3) is 0 Å². The number of benzene rings is 2. The van der Waals surface area contributed by atoms with E-state index in [-0.39, 0.29) is 6.04 Å². The molecule has 5 rings (SSSR count). The molecule has 1 saturated heterocycles. The van der Waals surface area contributed by atoms with Gasteiger partial charge in [0.1, 0.15) is 34.4 Å². The van der Waals surface area contributed by atoms with E-state index in [4.69, 9.17) is 15.5 Å². The molecule has 6 heteroatoms. The summed E-state index contributed by atoms with van der Waals surface area (Å²) in [5.74, 6) is 3.06. The van der Waals surface area contributed by atoms with Gasteiger partial charge in [0.2, 0.25) is 0 Å². The highest BCUT2D eigenvalue weighted by Crippen LogP contribution is 2.33. The minimum absolute atomic E-state index is 0.240. The molecule has 0 radical (unpaired) electrons. The summed E-state index contributed by atoms with van der Waals surface area (Å²) < 4.78 is 7.96. The van der Waals surface area contributed by atoms with E-state index in [1.165, 1.54) is 0 Å². The lowest BCUT2D eigenvalue weighted by Crippen LogP contribution is -2.15. The number of aromatic nitrogens is 3. The van der Waals surface area contributed by atoms with Crippen molar-refractivity contribution in [3.8, 4) is 22.8 Å². The second kappa shape index (κ2) is 8.97. The molecular formula is C24H27N5O. The van der Waals surface area contributed by atoms with Crippen molar-refractivity contribution in [2.75, 3.05) is 12.3 Å². The van der Waals surface area contributed by atoms with E-state index in [2.05, 4.69) is 14.7 Å². The number of anilines is 1. The van der Waals surface area contributed by atoms with Crippen LogP contribution < -0.4 is 15.8 Å². The molecule has 3 heterocycles. The lowest BCUT2D eigenvalue weighted by atomic mass is 10.1. The maximum atomic E-state index is 6.22. The summed E-state index contributed by atoms with van der Waals surface area (Å²) >= 11 is 0. The SMILES string of the molecule is CC.Nc1nccn2c(C3CCCN3)nc(-c3ccc(Oc4ccccc4)cc3)c12. The molecule has 1 unspecified atom stereocenters. The van der Waals surface area contributed by atoms with Gasteiger partial charge >= 0.3 is 0 Å². The number of nitrogens with one attached hydrogen (secondary N) is 1. The normalized spacial score (nSPS) is 15.6. The van der Waals surface area contributed by atoms with Crippen LogP contribution in [0.3, 0.4) is 0 Å². The Hall–Kier alpha value is -3.38. The highest BCUT2D eigenvalue weighted by atomic mass is 16.5. The lowest BCUT2D eigenvalue weighted by molar-refractivity contribution is 0.483. The molecule has 30 heavy (non-hydrogen) atoms. The van der Waals surface area contributed by atoms with Crippen molar-refractivity contribution in [1.82, 2.24) is 19.7 Å². The largest absolute Gasteiger partial charge is 0.457 e. The second-order valence-electron chi connectivity index (χ2n) is 6.94. The molecule has 1 aliphatic rings. The van der Waals surface area contributed by atoms with Gasteiger partial charge < -0.3 is 15.8 Å². The zero-order valence-electron chi connectivity index (χ0n) is 17.4. The van der Waals surface area contributed by atoms with E-state index >= 15 is 0 Å². The van der Waals surface area contributed by atoms with Crippen molar-refractivity contribution < 1.29 is 4.74 Å². The number of nitrogens with zero attached hydrogens (tertiary/aromatic N) is 3. The number of rotatable bonds is 4. The van der Waals surface area contributed by atoms with Crippen LogP contribution in [-0.2, 0) is 0 Å². The molecule has 6 nitrogen and oxygen atoms in total. The van der Waals surface area contributed by atoms with E-state index in [0.717, 1.165) is 53.5 Å². The number of hydrogen-bond donors (Lipinski definition) is 2. The number of nitrogen functional groups attached to an aromatic ring is 1. The summed E-state index contributed by atoms with van der Waals surface area (Å²) in [7, 11) is 0. The van der Waals surface area contributed by atoms with Crippen LogP contribution in [0.15, 0.2) is 67.0 Å². The number of nitrogens with two attached hydrogens (primary N) is 1. The number of para-hydroxylation sites is 1. The van der Waals surface area contributed by atoms with Crippen molar-refractivity contribution in [3.05, 3.63) is 72.8 Å². The summed E-state index contributed by atoms with van der Waals surface area (Å²) in [5, 5.41) is 3.52. The molecule has 0 amide bonds. The van der Waals surface area contributed by atoms with Crippen LogP contribution in [0.2, 0.25) is 0 Å². The molecule has 154 valence electrons. The van der Waals surface area contributed by atoms with Crippen molar-refractivity contribution >= 4 is 11.3 Å². The van der Waals surface area contributed by atoms with E-state index in [9.17, 15) is 0 Å². The van der Waals surface area contributed by atoms with Crippen LogP contribution >= 0.6 is 0 Å². The molecule has 1 fully saturated rings. The Bertz CT molecular complexity index is 1100. The van der Waals surface area contributed by atoms with Gasteiger partial charge in [-0.3, -0.25) is 4.40 Å². The molecule has 2 aromatic carbocycles. The number of ether oxygens (including phenoxy) is 1. The highest BCUT2D eigenvalue weighted by Gasteiger charge is 2.24. The maximum Gasteiger partial charge on any atom is 0.150 e. The predicted molar refractivity (Wildman–Crippen MR) is 121 cm³/mol. The molecule has 0 aliphatic carbocycles. The third-order valence-electron chi connectivity index (χ3n) is 5.09. The zero-order chi connectivity index (χ0) is 20.9. The van der Waals surface area contributed by atoms with Gasteiger partial charge in [-0.25, -0.2) is 9.97 Å². The average Bonchev–Trinajstić information content (AvgIpc) is 3.45. The Morgan fingerprint density at radius 1 is 1.03 bits per heavy atom. The fourth-order valence-corrected chi connectivity index (χ4v) is 3.74. The fourth-order valence-electron chi connectivity index (χ4n) is 3.74. The molecular weight excluding hydrogens is 374 g/mol. The Morgan fingerprint density at radius 3 is 2.47 bits per heavy atom. The smallest absolute Gasteiger partial charge is 0.150 e. The Kier molecular flexibility index (Phi) is 5.95. The van der Waals surface area contributed by atoms with Crippen LogP contribution in [-0.4, -0.2) is 20.9 Å². The summed E-state index contributed by atoms with van der Waals surface area (Å²) in [5.41, 5.74) is 8.91. The van der Waals surface area contributed by atoms with Gasteiger partial charge in [0.15, 0.2) is 0 Å². The van der Waals surface area contributed by atoms with Gasteiger partial charge in [-0.1, -0.05) is 32.0 Å². The first-order valence-corrected chi connectivity index (χ1v) is 10.5. The van der Waals surface area contributed by atoms with Crippen LogP contribution in [0.25, 0.3) is 16.8 Å². The van der Waals surface area contributed by atoms with Gasteiger partial charge in [0.05, 0.1) is 6.04 Å². The summed E-state index contributed by atoms with van der Waals surface area (Å²) in [6.07, 6.45) is 5.89. The molecule has 0 saturated carbocycles. The minimum Gasteiger partial charge on any atom is -0.457 e. The van der Waals surface area contributed by atoms with Gasteiger partial charge in [-0.15, -0.1) is 0 Å². The van der Waals surface area contributed by atoms with Gasteiger partial charge in [0, 0.05) is 18.0 Å². The van der Waals surface area contributed by atoms with Crippen LogP contribution in [0.4, 0.5) is 5.82 Å². The Morgan fingerprint density at radius 2 is 1.77 bits per heavy atom. The topological polar surface area (TPSA) is 77.5 Å². The van der Waals surface area contributed by atoms with Gasteiger partial charge in [-0.2, -0.15) is 0 Å². The third kappa shape index (κ3) is 3.86. The van der Waals surface area contributed by atoms with Crippen molar-refractivity contribution in [1.29, 1.82) is 0 Å². The molecule has 1 atom stereocenters. The number of fused-ring (bicyclic) bond motifs is 1. The minimum atomic E-state index is 0.240. The van der Waals surface area contributed by atoms with Crippen LogP contribution in [0.1, 0.15) is 38.6 Å². The quantitative estimate of drug-likeness (QED) is 0.490.